The molecule has 0 saturated heterocycles. The maximum Gasteiger partial charge on any atom is 0.227 e. The molecule has 0 saturated carbocycles. The topological polar surface area (TPSA) is 38.9 Å². The predicted octanol–water partition coefficient (Wildman–Crippen LogP) is 7.38. The van der Waals surface area contributed by atoms with Gasteiger partial charge in [0.15, 0.2) is 5.58 Å². The van der Waals surface area contributed by atoms with Gasteiger partial charge in [0.1, 0.15) is 5.52 Å². The third-order valence-electron chi connectivity index (χ3n) is 5.59. The highest BCUT2D eigenvalue weighted by Gasteiger charge is 2.09. The Morgan fingerprint density at radius 1 is 0.548 bits per heavy atom. The van der Waals surface area contributed by atoms with Crippen molar-refractivity contribution in [3.8, 4) is 33.7 Å². The van der Waals surface area contributed by atoms with E-state index in [2.05, 4.69) is 76.7 Å². The molecule has 0 aliphatic carbocycles. The van der Waals surface area contributed by atoms with E-state index in [0.717, 1.165) is 27.6 Å². The third-order valence-corrected chi connectivity index (χ3v) is 5.59. The Morgan fingerprint density at radius 3 is 1.97 bits per heavy atom. The van der Waals surface area contributed by atoms with E-state index in [1.54, 1.807) is 6.20 Å². The Kier molecular flexibility index (Phi) is 4.10. The SMILES string of the molecule is c1cncc(-c2ccc(-c3ccc4cc(-c5nc6ccccc6o5)ccc4c3)cc2)c1. The number of hydrogen-bond donors (Lipinski definition) is 0. The summed E-state index contributed by atoms with van der Waals surface area (Å²) in [7, 11) is 0. The van der Waals surface area contributed by atoms with Crippen LogP contribution in [-0.2, 0) is 0 Å². The molecule has 3 heteroatoms. The summed E-state index contributed by atoms with van der Waals surface area (Å²) in [6.07, 6.45) is 3.68. The average molecular weight is 398 g/mol. The summed E-state index contributed by atoms with van der Waals surface area (Å²) in [6, 6.07) is 33.4. The standard InChI is InChI=1S/C28H18N2O/c1-2-6-27-26(5-1)30-28(31-27)24-14-13-22-16-21(11-12-23(22)17-24)19-7-9-20(10-8-19)25-4-3-15-29-18-25/h1-18H. The molecule has 2 heterocycles. The van der Waals surface area contributed by atoms with Crippen LogP contribution in [0.4, 0.5) is 0 Å². The summed E-state index contributed by atoms with van der Waals surface area (Å²) in [5.74, 6) is 0.651. The molecule has 31 heavy (non-hydrogen) atoms. The van der Waals surface area contributed by atoms with Crippen molar-refractivity contribution < 1.29 is 4.42 Å². The van der Waals surface area contributed by atoms with Crippen LogP contribution in [0.3, 0.4) is 0 Å². The first-order valence-corrected chi connectivity index (χ1v) is 10.2. The minimum atomic E-state index is 0.651. The number of benzene rings is 4. The van der Waals surface area contributed by atoms with Crippen molar-refractivity contribution >= 4 is 21.9 Å². The van der Waals surface area contributed by atoms with E-state index in [1.807, 2.05) is 36.5 Å². The van der Waals surface area contributed by atoms with Crippen molar-refractivity contribution in [1.82, 2.24) is 9.97 Å². The molecular weight excluding hydrogens is 380 g/mol. The van der Waals surface area contributed by atoms with Crippen molar-refractivity contribution in [2.24, 2.45) is 0 Å². The highest BCUT2D eigenvalue weighted by Crippen LogP contribution is 2.30. The van der Waals surface area contributed by atoms with E-state index in [0.29, 0.717) is 5.89 Å². The summed E-state index contributed by atoms with van der Waals surface area (Å²) in [5, 5.41) is 2.35. The van der Waals surface area contributed by atoms with Crippen LogP contribution in [0.2, 0.25) is 0 Å². The fourth-order valence-corrected chi connectivity index (χ4v) is 3.94. The molecule has 0 bridgehead atoms. The van der Waals surface area contributed by atoms with Crippen LogP contribution < -0.4 is 0 Å². The van der Waals surface area contributed by atoms with E-state index in [9.17, 15) is 0 Å². The van der Waals surface area contributed by atoms with Crippen LogP contribution in [0.1, 0.15) is 0 Å². The lowest BCUT2D eigenvalue weighted by Gasteiger charge is -2.07. The zero-order valence-corrected chi connectivity index (χ0v) is 16.7. The minimum Gasteiger partial charge on any atom is -0.436 e. The molecule has 3 nitrogen and oxygen atoms in total. The minimum absolute atomic E-state index is 0.651. The van der Waals surface area contributed by atoms with Gasteiger partial charge in [-0.3, -0.25) is 4.98 Å². The van der Waals surface area contributed by atoms with Crippen molar-refractivity contribution in [1.29, 1.82) is 0 Å². The summed E-state index contributed by atoms with van der Waals surface area (Å²) in [5.41, 5.74) is 7.35. The van der Waals surface area contributed by atoms with Crippen LogP contribution in [0, 0.1) is 0 Å². The van der Waals surface area contributed by atoms with Gasteiger partial charge < -0.3 is 4.42 Å². The maximum atomic E-state index is 5.93. The van der Waals surface area contributed by atoms with Crippen LogP contribution in [0.25, 0.3) is 55.6 Å². The van der Waals surface area contributed by atoms with Crippen molar-refractivity contribution in [3.63, 3.8) is 0 Å². The number of aromatic nitrogens is 2. The monoisotopic (exact) mass is 398 g/mol. The van der Waals surface area contributed by atoms with E-state index >= 15 is 0 Å². The molecule has 0 aliphatic rings. The summed E-state index contributed by atoms with van der Waals surface area (Å²) in [6.45, 7) is 0. The highest BCUT2D eigenvalue weighted by molar-refractivity contribution is 5.90. The van der Waals surface area contributed by atoms with Crippen molar-refractivity contribution in [2.75, 3.05) is 0 Å². The van der Waals surface area contributed by atoms with E-state index in [1.165, 1.54) is 22.1 Å². The second-order valence-corrected chi connectivity index (χ2v) is 7.58. The van der Waals surface area contributed by atoms with Crippen LogP contribution >= 0.6 is 0 Å². The van der Waals surface area contributed by atoms with E-state index in [4.69, 9.17) is 4.42 Å². The number of rotatable bonds is 3. The normalized spacial score (nSPS) is 11.2. The molecule has 0 radical (unpaired) electrons. The van der Waals surface area contributed by atoms with Gasteiger partial charge in [-0.25, -0.2) is 4.98 Å². The molecule has 6 rings (SSSR count). The van der Waals surface area contributed by atoms with Gasteiger partial charge in [0.2, 0.25) is 5.89 Å². The number of para-hydroxylation sites is 2. The molecule has 4 aromatic carbocycles. The third kappa shape index (κ3) is 3.26. The van der Waals surface area contributed by atoms with E-state index < -0.39 is 0 Å². The quantitative estimate of drug-likeness (QED) is 0.312. The first kappa shape index (κ1) is 17.6. The summed E-state index contributed by atoms with van der Waals surface area (Å²) in [4.78, 5) is 8.82. The van der Waals surface area contributed by atoms with Crippen LogP contribution in [-0.4, -0.2) is 9.97 Å². The second kappa shape index (κ2) is 7.22. The largest absolute Gasteiger partial charge is 0.436 e. The molecule has 0 aliphatic heterocycles. The molecular formula is C28H18N2O. The van der Waals surface area contributed by atoms with E-state index in [-0.39, 0.29) is 0 Å². The van der Waals surface area contributed by atoms with Crippen molar-refractivity contribution in [3.05, 3.63) is 109 Å². The maximum absolute atomic E-state index is 5.93. The highest BCUT2D eigenvalue weighted by atomic mass is 16.3. The average Bonchev–Trinajstić information content (AvgIpc) is 3.28. The molecule has 6 aromatic rings. The Morgan fingerprint density at radius 2 is 1.23 bits per heavy atom. The molecule has 0 spiro atoms. The van der Waals surface area contributed by atoms with Gasteiger partial charge in [0.05, 0.1) is 0 Å². The first-order chi connectivity index (χ1) is 15.3. The number of pyridine rings is 1. The van der Waals surface area contributed by atoms with Gasteiger partial charge in [-0.05, 0) is 69.4 Å². The molecule has 2 aromatic heterocycles. The Bertz CT molecular complexity index is 1480. The van der Waals surface area contributed by atoms with Gasteiger partial charge in [0, 0.05) is 18.0 Å². The van der Waals surface area contributed by atoms with Gasteiger partial charge in [-0.1, -0.05) is 60.7 Å². The lowest BCUT2D eigenvalue weighted by atomic mass is 9.98. The zero-order chi connectivity index (χ0) is 20.6. The smallest absolute Gasteiger partial charge is 0.227 e. The molecule has 146 valence electrons. The number of oxazole rings is 1. The van der Waals surface area contributed by atoms with Gasteiger partial charge >= 0.3 is 0 Å². The van der Waals surface area contributed by atoms with Crippen LogP contribution in [0.5, 0.6) is 0 Å². The molecule has 0 N–H and O–H groups in total. The second-order valence-electron chi connectivity index (χ2n) is 7.58. The summed E-state index contributed by atoms with van der Waals surface area (Å²) >= 11 is 0. The zero-order valence-electron chi connectivity index (χ0n) is 16.7. The van der Waals surface area contributed by atoms with Gasteiger partial charge in [-0.15, -0.1) is 0 Å². The number of fused-ring (bicyclic) bond motifs is 2. The Balaban J connectivity index is 1.34. The molecule has 0 fully saturated rings. The van der Waals surface area contributed by atoms with Crippen LogP contribution in [0.15, 0.2) is 114 Å². The van der Waals surface area contributed by atoms with Gasteiger partial charge in [-0.2, -0.15) is 0 Å². The van der Waals surface area contributed by atoms with Gasteiger partial charge in [0.25, 0.3) is 0 Å². The lowest BCUT2D eigenvalue weighted by molar-refractivity contribution is 0.620. The summed E-state index contributed by atoms with van der Waals surface area (Å²) < 4.78 is 5.93. The number of nitrogens with zero attached hydrogens (tertiary/aromatic N) is 2. The first-order valence-electron chi connectivity index (χ1n) is 10.2. The molecule has 0 atom stereocenters. The Labute approximate surface area is 179 Å². The molecule has 0 amide bonds. The van der Waals surface area contributed by atoms with Crippen molar-refractivity contribution in [2.45, 2.75) is 0 Å². The fraction of sp³-hybridized carbons (Fsp3) is 0. The predicted molar refractivity (Wildman–Crippen MR) is 126 cm³/mol. The number of hydrogen-bond acceptors (Lipinski definition) is 3. The lowest BCUT2D eigenvalue weighted by Crippen LogP contribution is -1.83. The fourth-order valence-electron chi connectivity index (χ4n) is 3.94. The Hall–Kier alpha value is -4.24. The molecule has 0 unspecified atom stereocenters.